The summed E-state index contributed by atoms with van der Waals surface area (Å²) in [6.45, 7) is 13.5. The van der Waals surface area contributed by atoms with Crippen molar-refractivity contribution in [1.29, 1.82) is 0 Å². The van der Waals surface area contributed by atoms with Crippen LogP contribution in [0.25, 0.3) is 44.2 Å². The first-order valence-corrected chi connectivity index (χ1v) is 14.1. The molecule has 0 atom stereocenters. The molecule has 40 heavy (non-hydrogen) atoms. The van der Waals surface area contributed by atoms with Gasteiger partial charge >= 0.3 is 0 Å². The molecule has 0 amide bonds. The van der Waals surface area contributed by atoms with Crippen LogP contribution in [0.4, 0.5) is 11.4 Å². The first-order valence-electron chi connectivity index (χ1n) is 14.1. The van der Waals surface area contributed by atoms with Gasteiger partial charge in [0.05, 0.1) is 11.1 Å². The number of benzene rings is 5. The lowest BCUT2D eigenvalue weighted by Gasteiger charge is -2.20. The van der Waals surface area contributed by atoms with Crippen LogP contribution < -0.4 is 5.32 Å². The van der Waals surface area contributed by atoms with E-state index in [1.165, 1.54) is 27.8 Å². The Morgan fingerprint density at radius 3 is 1.93 bits per heavy atom. The minimum Gasteiger partial charge on any atom is -0.456 e. The first kappa shape index (κ1) is 26.0. The van der Waals surface area contributed by atoms with E-state index in [-0.39, 0.29) is 10.8 Å². The van der Waals surface area contributed by atoms with Crippen molar-refractivity contribution >= 4 is 33.3 Å². The van der Waals surface area contributed by atoms with Gasteiger partial charge in [-0.05, 0) is 69.0 Å². The quantitative estimate of drug-likeness (QED) is 0.248. The molecule has 1 N–H and O–H groups in total. The van der Waals surface area contributed by atoms with Crippen LogP contribution in [0, 0.1) is 0 Å². The summed E-state index contributed by atoms with van der Waals surface area (Å²) in [7, 11) is 0. The molecule has 0 aliphatic rings. The highest BCUT2D eigenvalue weighted by Gasteiger charge is 2.19. The molecule has 0 bridgehead atoms. The Balaban J connectivity index is 1.49. The third-order valence-electron chi connectivity index (χ3n) is 7.80. The van der Waals surface area contributed by atoms with Crippen LogP contribution in [0.3, 0.4) is 0 Å². The number of furan rings is 1. The van der Waals surface area contributed by atoms with Gasteiger partial charge in [0.25, 0.3) is 0 Å². The molecule has 0 aliphatic carbocycles. The van der Waals surface area contributed by atoms with Crippen LogP contribution >= 0.6 is 0 Å². The Labute approximate surface area is 237 Å². The van der Waals surface area contributed by atoms with E-state index >= 15 is 0 Å². The molecule has 0 fully saturated rings. The van der Waals surface area contributed by atoms with Gasteiger partial charge in [0.15, 0.2) is 0 Å². The maximum absolute atomic E-state index is 6.28. The summed E-state index contributed by atoms with van der Waals surface area (Å²) in [6.07, 6.45) is 0. The van der Waals surface area contributed by atoms with Crippen molar-refractivity contribution in [2.24, 2.45) is 0 Å². The van der Waals surface area contributed by atoms with E-state index in [1.807, 2.05) is 12.1 Å². The summed E-state index contributed by atoms with van der Waals surface area (Å²) < 4.78 is 6.28. The Bertz CT molecular complexity index is 1820. The summed E-state index contributed by atoms with van der Waals surface area (Å²) in [6, 6.07) is 39.1. The molecular formula is C38H37NO. The normalized spacial score (nSPS) is 12.2. The van der Waals surface area contributed by atoms with Crippen molar-refractivity contribution in [1.82, 2.24) is 0 Å². The summed E-state index contributed by atoms with van der Waals surface area (Å²) >= 11 is 0. The largest absolute Gasteiger partial charge is 0.456 e. The lowest BCUT2D eigenvalue weighted by atomic mass is 9.85. The van der Waals surface area contributed by atoms with E-state index in [2.05, 4.69) is 144 Å². The van der Waals surface area contributed by atoms with E-state index in [4.69, 9.17) is 4.42 Å². The molecule has 1 heterocycles. The Kier molecular flexibility index (Phi) is 6.30. The Morgan fingerprint density at radius 2 is 1.20 bits per heavy atom. The summed E-state index contributed by atoms with van der Waals surface area (Å²) in [5.41, 5.74) is 11.5. The van der Waals surface area contributed by atoms with E-state index < -0.39 is 0 Å². The average Bonchev–Trinajstić information content (AvgIpc) is 3.32. The number of nitrogens with one attached hydrogen (secondary N) is 1. The van der Waals surface area contributed by atoms with Crippen LogP contribution in [0.15, 0.2) is 114 Å². The van der Waals surface area contributed by atoms with Gasteiger partial charge in [0.2, 0.25) is 0 Å². The molecule has 6 rings (SSSR count). The van der Waals surface area contributed by atoms with Crippen LogP contribution in [0.1, 0.15) is 52.7 Å². The first-order chi connectivity index (χ1) is 19.1. The van der Waals surface area contributed by atoms with Crippen LogP contribution in [-0.2, 0) is 10.8 Å². The minimum absolute atomic E-state index is 0.0985. The number of hydrogen-bond donors (Lipinski definition) is 1. The van der Waals surface area contributed by atoms with Crippen molar-refractivity contribution in [3.8, 4) is 22.3 Å². The zero-order valence-electron chi connectivity index (χ0n) is 24.3. The summed E-state index contributed by atoms with van der Waals surface area (Å²) in [5.74, 6) is 0. The molecule has 0 saturated carbocycles. The highest BCUT2D eigenvalue weighted by atomic mass is 16.3. The van der Waals surface area contributed by atoms with E-state index in [0.29, 0.717) is 0 Å². The fourth-order valence-corrected chi connectivity index (χ4v) is 5.42. The van der Waals surface area contributed by atoms with Gasteiger partial charge < -0.3 is 9.73 Å². The molecular weight excluding hydrogens is 486 g/mol. The number of fused-ring (bicyclic) bond motifs is 3. The van der Waals surface area contributed by atoms with Crippen LogP contribution in [-0.4, -0.2) is 0 Å². The third-order valence-corrected chi connectivity index (χ3v) is 7.80. The highest BCUT2D eigenvalue weighted by molar-refractivity contribution is 6.15. The number of anilines is 2. The predicted molar refractivity (Wildman–Crippen MR) is 172 cm³/mol. The predicted octanol–water partition coefficient (Wildman–Crippen LogP) is 11.3. The second kappa shape index (κ2) is 9.71. The maximum Gasteiger partial charge on any atom is 0.137 e. The van der Waals surface area contributed by atoms with Gasteiger partial charge in [-0.25, -0.2) is 0 Å². The van der Waals surface area contributed by atoms with E-state index in [0.717, 1.165) is 38.9 Å². The van der Waals surface area contributed by atoms with E-state index in [1.54, 1.807) is 0 Å². The van der Waals surface area contributed by atoms with Gasteiger partial charge in [-0.1, -0.05) is 120 Å². The molecule has 0 aliphatic heterocycles. The monoisotopic (exact) mass is 523 g/mol. The molecule has 0 radical (unpaired) electrons. The molecule has 2 heteroatoms. The van der Waals surface area contributed by atoms with Crippen molar-refractivity contribution in [2.75, 3.05) is 5.32 Å². The van der Waals surface area contributed by atoms with Gasteiger partial charge in [0, 0.05) is 16.6 Å². The lowest BCUT2D eigenvalue weighted by molar-refractivity contribution is 0.590. The van der Waals surface area contributed by atoms with Crippen LogP contribution in [0.2, 0.25) is 0 Å². The average molecular weight is 524 g/mol. The highest BCUT2D eigenvalue weighted by Crippen LogP contribution is 2.42. The third kappa shape index (κ3) is 4.91. The smallest absolute Gasteiger partial charge is 0.137 e. The van der Waals surface area contributed by atoms with Crippen molar-refractivity contribution in [3.63, 3.8) is 0 Å². The molecule has 0 spiro atoms. The second-order valence-corrected chi connectivity index (χ2v) is 12.8. The Morgan fingerprint density at radius 1 is 0.525 bits per heavy atom. The Hall–Kier alpha value is -4.30. The van der Waals surface area contributed by atoms with Gasteiger partial charge in [0.1, 0.15) is 11.2 Å². The zero-order chi connectivity index (χ0) is 28.1. The summed E-state index contributed by atoms with van der Waals surface area (Å²) in [5, 5.41) is 6.05. The maximum atomic E-state index is 6.28. The van der Waals surface area contributed by atoms with Crippen LogP contribution in [0.5, 0.6) is 0 Å². The molecule has 0 unspecified atom stereocenters. The molecule has 0 saturated heterocycles. The standard InChI is InChI=1S/C38H37NO/c1-37(2,3)28-19-17-25(18-20-28)31-21-22-34-35(32-15-7-8-16-33(32)40-34)36(31)39-30-14-10-12-27(24-30)26-11-9-13-29(23-26)38(4,5)6/h7-24,39H,1-6H3. The molecule has 1 aromatic heterocycles. The van der Waals surface area contributed by atoms with Crippen molar-refractivity contribution < 1.29 is 4.42 Å². The zero-order valence-corrected chi connectivity index (χ0v) is 24.3. The molecule has 6 aromatic rings. The number of rotatable bonds is 4. The fraction of sp³-hybridized carbons (Fsp3) is 0.211. The number of hydrogen-bond acceptors (Lipinski definition) is 2. The van der Waals surface area contributed by atoms with E-state index in [9.17, 15) is 0 Å². The molecule has 5 aromatic carbocycles. The SMILES string of the molecule is CC(C)(C)c1ccc(-c2ccc3oc4ccccc4c3c2Nc2cccc(-c3cccc(C(C)(C)C)c3)c2)cc1. The van der Waals surface area contributed by atoms with Crippen molar-refractivity contribution in [2.45, 2.75) is 52.4 Å². The van der Waals surface area contributed by atoms with Crippen molar-refractivity contribution in [3.05, 3.63) is 120 Å². The molecule has 200 valence electrons. The molecule has 2 nitrogen and oxygen atoms in total. The minimum atomic E-state index is 0.0985. The fourth-order valence-electron chi connectivity index (χ4n) is 5.42. The van der Waals surface area contributed by atoms with Gasteiger partial charge in [-0.3, -0.25) is 0 Å². The van der Waals surface area contributed by atoms with Gasteiger partial charge in [-0.15, -0.1) is 0 Å². The second-order valence-electron chi connectivity index (χ2n) is 12.8. The lowest BCUT2D eigenvalue weighted by Crippen LogP contribution is -2.10. The number of para-hydroxylation sites is 1. The summed E-state index contributed by atoms with van der Waals surface area (Å²) in [4.78, 5) is 0. The van der Waals surface area contributed by atoms with Gasteiger partial charge in [-0.2, -0.15) is 0 Å². The topological polar surface area (TPSA) is 25.2 Å².